The topological polar surface area (TPSA) is 3.24 Å². The van der Waals surface area contributed by atoms with E-state index in [1.54, 1.807) is 0 Å². The molecule has 0 spiro atoms. The zero-order valence-corrected chi connectivity index (χ0v) is 31.5. The number of fused-ring (bicyclic) bond motifs is 3. The molecule has 0 aliphatic rings. The first-order valence-electron chi connectivity index (χ1n) is 19.6. The van der Waals surface area contributed by atoms with E-state index < -0.39 is 0 Å². The Bertz CT molecular complexity index is 2950. The minimum Gasteiger partial charge on any atom is -0.310 e. The maximum Gasteiger partial charge on any atom is 0.0540 e. The zero-order valence-electron chi connectivity index (χ0n) is 31.5. The highest BCUT2D eigenvalue weighted by Crippen LogP contribution is 2.47. The number of hydrogen-bond acceptors (Lipinski definition) is 1. The quantitative estimate of drug-likeness (QED) is 0.141. The molecule has 0 unspecified atom stereocenters. The molecule has 0 aromatic heterocycles. The van der Waals surface area contributed by atoms with Crippen molar-refractivity contribution in [2.24, 2.45) is 0 Å². The molecule has 0 N–H and O–H groups in total. The van der Waals surface area contributed by atoms with E-state index in [2.05, 4.69) is 241 Å². The van der Waals surface area contributed by atoms with Crippen LogP contribution in [0.4, 0.5) is 17.1 Å². The first-order chi connectivity index (χ1) is 28.3. The highest BCUT2D eigenvalue weighted by molar-refractivity contribution is 6.22. The summed E-state index contributed by atoms with van der Waals surface area (Å²) in [6.45, 7) is 0. The lowest BCUT2D eigenvalue weighted by Gasteiger charge is -2.28. The van der Waals surface area contributed by atoms with Gasteiger partial charge < -0.3 is 4.90 Å². The summed E-state index contributed by atoms with van der Waals surface area (Å²) in [7, 11) is 0. The van der Waals surface area contributed by atoms with Crippen LogP contribution in [0.5, 0.6) is 0 Å². The van der Waals surface area contributed by atoms with Gasteiger partial charge in [-0.15, -0.1) is 0 Å². The van der Waals surface area contributed by atoms with E-state index >= 15 is 0 Å². The molecule has 0 fully saturated rings. The van der Waals surface area contributed by atoms with Gasteiger partial charge in [0.15, 0.2) is 0 Å². The molecule has 0 saturated heterocycles. The molecule has 0 saturated carbocycles. The highest BCUT2D eigenvalue weighted by atomic mass is 15.1. The second-order valence-corrected chi connectivity index (χ2v) is 14.5. The number of para-hydroxylation sites is 2. The normalized spacial score (nSPS) is 11.2. The molecule has 0 radical (unpaired) electrons. The lowest BCUT2D eigenvalue weighted by molar-refractivity contribution is 1.28. The summed E-state index contributed by atoms with van der Waals surface area (Å²) in [5.41, 5.74) is 15.4. The summed E-state index contributed by atoms with van der Waals surface area (Å²) in [5, 5.41) is 5.00. The average molecular weight is 726 g/mol. The van der Waals surface area contributed by atoms with Gasteiger partial charge in [0.25, 0.3) is 0 Å². The van der Waals surface area contributed by atoms with Crippen molar-refractivity contribution in [3.63, 3.8) is 0 Å². The Morgan fingerprint density at radius 2 is 0.614 bits per heavy atom. The molecule has 10 aromatic carbocycles. The second-order valence-electron chi connectivity index (χ2n) is 14.5. The Labute approximate surface area is 334 Å². The fourth-order valence-electron chi connectivity index (χ4n) is 8.37. The molecule has 0 aliphatic carbocycles. The second kappa shape index (κ2) is 15.0. The van der Waals surface area contributed by atoms with E-state index in [9.17, 15) is 0 Å². The summed E-state index contributed by atoms with van der Waals surface area (Å²) in [6.07, 6.45) is 0. The molecular formula is C56H39N. The molecule has 1 heteroatoms. The van der Waals surface area contributed by atoms with Crippen molar-refractivity contribution < 1.29 is 0 Å². The van der Waals surface area contributed by atoms with Crippen LogP contribution in [0.25, 0.3) is 77.2 Å². The number of anilines is 3. The van der Waals surface area contributed by atoms with E-state index in [1.807, 2.05) is 0 Å². The first kappa shape index (κ1) is 34.0. The first-order valence-corrected chi connectivity index (χ1v) is 19.6. The van der Waals surface area contributed by atoms with Crippen LogP contribution in [0.15, 0.2) is 237 Å². The van der Waals surface area contributed by atoms with Crippen molar-refractivity contribution in [3.8, 4) is 55.6 Å². The summed E-state index contributed by atoms with van der Waals surface area (Å²) in [4.78, 5) is 2.38. The van der Waals surface area contributed by atoms with Crippen LogP contribution in [0.3, 0.4) is 0 Å². The third kappa shape index (κ3) is 6.46. The SMILES string of the molecule is c1ccc(-c2ccc(-c3ccc(N(c4ccccc4)c4ccccc4-c4ccc5c(c4)c(-c4ccccc4)c(-c4ccccc4)c4ccccc45)cc3)cc2)cc1. The van der Waals surface area contributed by atoms with Crippen LogP contribution < -0.4 is 4.90 Å². The smallest absolute Gasteiger partial charge is 0.0540 e. The van der Waals surface area contributed by atoms with Gasteiger partial charge in [-0.25, -0.2) is 0 Å². The van der Waals surface area contributed by atoms with Crippen molar-refractivity contribution in [2.45, 2.75) is 0 Å². The van der Waals surface area contributed by atoms with Gasteiger partial charge in [-0.1, -0.05) is 200 Å². The number of nitrogens with zero attached hydrogens (tertiary/aromatic N) is 1. The third-order valence-electron chi connectivity index (χ3n) is 11.1. The van der Waals surface area contributed by atoms with Crippen molar-refractivity contribution in [1.29, 1.82) is 0 Å². The molecule has 1 nitrogen and oxygen atoms in total. The van der Waals surface area contributed by atoms with E-state index in [4.69, 9.17) is 0 Å². The maximum atomic E-state index is 2.42. The predicted molar refractivity (Wildman–Crippen MR) is 243 cm³/mol. The standard InChI is InChI=1S/C56H39N/c1-5-17-40(18-6-1)41-29-31-42(32-30-41)43-33-36-48(37-34-43)57(47-23-11-4-12-24-47)54-28-16-15-25-49(54)46-35-38-51-50-26-13-14-27-52(50)55(44-19-7-2-8-20-44)56(53(51)39-46)45-21-9-3-10-22-45/h1-39H. The molecule has 10 rings (SSSR count). The Balaban J connectivity index is 1.13. The Morgan fingerprint density at radius 1 is 0.228 bits per heavy atom. The number of rotatable bonds is 8. The molecule has 268 valence electrons. The lowest BCUT2D eigenvalue weighted by atomic mass is 9.84. The van der Waals surface area contributed by atoms with Crippen LogP contribution in [-0.2, 0) is 0 Å². The molecule has 0 heterocycles. The van der Waals surface area contributed by atoms with Gasteiger partial charge in [0.1, 0.15) is 0 Å². The van der Waals surface area contributed by atoms with Crippen LogP contribution in [0.2, 0.25) is 0 Å². The van der Waals surface area contributed by atoms with Gasteiger partial charge in [-0.3, -0.25) is 0 Å². The van der Waals surface area contributed by atoms with E-state index in [-0.39, 0.29) is 0 Å². The summed E-state index contributed by atoms with van der Waals surface area (Å²) in [6, 6.07) is 85.5. The van der Waals surface area contributed by atoms with Gasteiger partial charge in [0.05, 0.1) is 5.69 Å². The fourth-order valence-corrected chi connectivity index (χ4v) is 8.37. The molecule has 0 atom stereocenters. The van der Waals surface area contributed by atoms with Gasteiger partial charge in [0, 0.05) is 16.9 Å². The van der Waals surface area contributed by atoms with Crippen molar-refractivity contribution in [3.05, 3.63) is 237 Å². The lowest BCUT2D eigenvalue weighted by Crippen LogP contribution is -2.11. The summed E-state index contributed by atoms with van der Waals surface area (Å²) >= 11 is 0. The predicted octanol–water partition coefficient (Wildman–Crippen LogP) is 15.8. The van der Waals surface area contributed by atoms with Crippen LogP contribution in [0, 0.1) is 0 Å². The van der Waals surface area contributed by atoms with Crippen molar-refractivity contribution >= 4 is 38.6 Å². The van der Waals surface area contributed by atoms with Crippen LogP contribution in [-0.4, -0.2) is 0 Å². The highest BCUT2D eigenvalue weighted by Gasteiger charge is 2.21. The Kier molecular flexibility index (Phi) is 8.95. The minimum absolute atomic E-state index is 1.10. The summed E-state index contributed by atoms with van der Waals surface area (Å²) in [5.74, 6) is 0. The Hall–Kier alpha value is -7.48. The Morgan fingerprint density at radius 3 is 1.21 bits per heavy atom. The molecule has 0 amide bonds. The minimum atomic E-state index is 1.10. The average Bonchev–Trinajstić information content (AvgIpc) is 3.30. The van der Waals surface area contributed by atoms with Crippen LogP contribution in [0.1, 0.15) is 0 Å². The molecule has 10 aromatic rings. The van der Waals surface area contributed by atoms with Crippen molar-refractivity contribution in [2.75, 3.05) is 4.90 Å². The zero-order chi connectivity index (χ0) is 38.0. The molecular weight excluding hydrogens is 687 g/mol. The molecule has 0 bridgehead atoms. The molecule has 57 heavy (non-hydrogen) atoms. The van der Waals surface area contributed by atoms with Crippen LogP contribution >= 0.6 is 0 Å². The summed E-state index contributed by atoms with van der Waals surface area (Å²) < 4.78 is 0. The van der Waals surface area contributed by atoms with Crippen molar-refractivity contribution in [1.82, 2.24) is 0 Å². The number of benzene rings is 10. The monoisotopic (exact) mass is 725 g/mol. The number of hydrogen-bond donors (Lipinski definition) is 0. The van der Waals surface area contributed by atoms with Gasteiger partial charge in [0.2, 0.25) is 0 Å². The van der Waals surface area contributed by atoms with E-state index in [1.165, 1.54) is 71.6 Å². The van der Waals surface area contributed by atoms with E-state index in [0.717, 1.165) is 22.6 Å². The van der Waals surface area contributed by atoms with Gasteiger partial charge >= 0.3 is 0 Å². The fraction of sp³-hybridized carbons (Fsp3) is 0. The third-order valence-corrected chi connectivity index (χ3v) is 11.1. The molecule has 0 aliphatic heterocycles. The maximum absolute atomic E-state index is 2.42. The van der Waals surface area contributed by atoms with Gasteiger partial charge in [-0.2, -0.15) is 0 Å². The van der Waals surface area contributed by atoms with Gasteiger partial charge in [-0.05, 0) is 108 Å². The van der Waals surface area contributed by atoms with E-state index in [0.29, 0.717) is 0 Å². The largest absolute Gasteiger partial charge is 0.310 e.